The molecule has 1 aliphatic carbocycles. The first-order chi connectivity index (χ1) is 32.1. The van der Waals surface area contributed by atoms with Crippen molar-refractivity contribution in [3.63, 3.8) is 0 Å². The van der Waals surface area contributed by atoms with Crippen LogP contribution in [0.2, 0.25) is 0 Å². The summed E-state index contributed by atoms with van der Waals surface area (Å²) >= 11 is 0. The van der Waals surface area contributed by atoms with E-state index < -0.39 is 5.41 Å². The molecule has 3 nitrogen and oxygen atoms in total. The van der Waals surface area contributed by atoms with Gasteiger partial charge in [-0.1, -0.05) is 154 Å². The van der Waals surface area contributed by atoms with Gasteiger partial charge in [-0.15, -0.1) is 0 Å². The molecule has 3 heteroatoms. The van der Waals surface area contributed by atoms with E-state index in [1.807, 2.05) is 0 Å². The monoisotopic (exact) mass is 872 g/mol. The minimum atomic E-state index is -0.498. The zero-order chi connectivity index (χ0) is 46.4. The highest BCUT2D eigenvalue weighted by Crippen LogP contribution is 2.57. The Balaban J connectivity index is 1.41. The minimum Gasteiger partial charge on any atom is -0.330 e. The number of fused-ring (bicyclic) bond motifs is 3. The Labute approximate surface area is 397 Å². The number of aryl methyl sites for hydroxylation is 8. The first-order valence-electron chi connectivity index (χ1n) is 25.1. The largest absolute Gasteiger partial charge is 0.330 e. The molecule has 2 N–H and O–H groups in total. The molecule has 7 aromatic carbocycles. The van der Waals surface area contributed by atoms with Gasteiger partial charge in [0, 0.05) is 28.2 Å². The van der Waals surface area contributed by atoms with Crippen LogP contribution in [-0.4, -0.2) is 6.54 Å². The van der Waals surface area contributed by atoms with E-state index in [0.717, 1.165) is 42.0 Å². The average molecular weight is 872 g/mol. The van der Waals surface area contributed by atoms with Crippen molar-refractivity contribution in [1.82, 2.24) is 0 Å². The summed E-state index contributed by atoms with van der Waals surface area (Å²) in [5.41, 5.74) is 30.8. The van der Waals surface area contributed by atoms with Crippen LogP contribution in [0.3, 0.4) is 0 Å². The summed E-state index contributed by atoms with van der Waals surface area (Å²) in [5, 5.41) is 0. The van der Waals surface area contributed by atoms with Gasteiger partial charge in [0.2, 0.25) is 0 Å². The van der Waals surface area contributed by atoms with Crippen molar-refractivity contribution in [1.29, 1.82) is 0 Å². The fourth-order valence-electron chi connectivity index (χ4n) is 11.4. The van der Waals surface area contributed by atoms with Gasteiger partial charge in [-0.3, -0.25) is 0 Å². The molecule has 0 bridgehead atoms. The molecule has 8 rings (SSSR count). The molecule has 0 aromatic heterocycles. The minimum absolute atomic E-state index is 0.498. The quantitative estimate of drug-likeness (QED) is 0.0822. The molecule has 0 heterocycles. The van der Waals surface area contributed by atoms with Gasteiger partial charge in [-0.05, 0) is 190 Å². The lowest BCUT2D eigenvalue weighted by Gasteiger charge is -2.36. The van der Waals surface area contributed by atoms with Crippen LogP contribution in [0, 0.1) is 41.5 Å². The molecule has 0 spiro atoms. The first-order valence-corrected chi connectivity index (χ1v) is 25.1. The van der Waals surface area contributed by atoms with Gasteiger partial charge in [-0.25, -0.2) is 0 Å². The standard InChI is InChI=1S/C63H73N3/c1-9-11-13-17-23-50-39-51(24-18-14-12-10-2)41-52(40-50)63(33-34-64)59-42-55(65(53-25-19-15-20-26-53)61-46(5)35-44(3)36-47(61)6)29-31-57(59)58-32-30-56(43-60(58)63)66(54-27-21-16-22-28-54)62-48(7)37-45(4)38-49(62)8/h15-16,19-22,25-32,35-43H,9-14,17-18,23-24,33-34,64H2,1-8H3. The zero-order valence-electron chi connectivity index (χ0n) is 41.2. The third kappa shape index (κ3) is 9.38. The fraction of sp³-hybridized carbons (Fsp3) is 0.333. The van der Waals surface area contributed by atoms with Crippen LogP contribution in [0.5, 0.6) is 0 Å². The van der Waals surface area contributed by atoms with Crippen molar-refractivity contribution in [2.45, 2.75) is 131 Å². The Morgan fingerprint density at radius 3 is 1.21 bits per heavy atom. The van der Waals surface area contributed by atoms with Gasteiger partial charge < -0.3 is 15.5 Å². The number of nitrogens with zero attached hydrogens (tertiary/aromatic N) is 2. The maximum atomic E-state index is 7.00. The van der Waals surface area contributed by atoms with Crippen molar-refractivity contribution in [3.05, 3.63) is 201 Å². The number of hydrogen-bond donors (Lipinski definition) is 1. The predicted octanol–water partition coefficient (Wildman–Crippen LogP) is 17.4. The Hall–Kier alpha value is -5.90. The SMILES string of the molecule is CCCCCCc1cc(CCCCCC)cc(C2(CCN)c3cc(N(c4ccccc4)c4c(C)cc(C)cc4C)ccc3-c3ccc(N(c4ccccc4)c4c(C)cc(C)cc4C)cc32)c1. The lowest BCUT2D eigenvalue weighted by Crippen LogP contribution is -2.31. The maximum absolute atomic E-state index is 7.00. The molecule has 0 aliphatic heterocycles. The number of anilines is 6. The first kappa shape index (κ1) is 46.6. The summed E-state index contributed by atoms with van der Waals surface area (Å²) in [6.07, 6.45) is 13.0. The summed E-state index contributed by atoms with van der Waals surface area (Å²) in [6, 6.07) is 53.5. The Morgan fingerprint density at radius 1 is 0.424 bits per heavy atom. The predicted molar refractivity (Wildman–Crippen MR) is 285 cm³/mol. The zero-order valence-corrected chi connectivity index (χ0v) is 41.2. The number of para-hydroxylation sites is 2. The Kier molecular flexibility index (Phi) is 14.6. The summed E-state index contributed by atoms with van der Waals surface area (Å²) in [5.74, 6) is 0. The molecule has 0 fully saturated rings. The molecule has 7 aromatic rings. The Morgan fingerprint density at radius 2 is 0.833 bits per heavy atom. The van der Waals surface area contributed by atoms with Crippen LogP contribution in [0.25, 0.3) is 11.1 Å². The van der Waals surface area contributed by atoms with Gasteiger partial charge in [0.1, 0.15) is 0 Å². The van der Waals surface area contributed by atoms with Crippen LogP contribution in [0.1, 0.15) is 133 Å². The average Bonchev–Trinajstić information content (AvgIpc) is 3.58. The van der Waals surface area contributed by atoms with E-state index in [-0.39, 0.29) is 0 Å². The molecule has 0 saturated heterocycles. The van der Waals surface area contributed by atoms with E-state index in [1.54, 1.807) is 0 Å². The molecule has 0 saturated carbocycles. The molecule has 0 atom stereocenters. The van der Waals surface area contributed by atoms with Crippen molar-refractivity contribution < 1.29 is 0 Å². The highest BCUT2D eigenvalue weighted by Gasteiger charge is 2.45. The highest BCUT2D eigenvalue weighted by atomic mass is 15.2. The maximum Gasteiger partial charge on any atom is 0.0520 e. The van der Waals surface area contributed by atoms with E-state index in [1.165, 1.54) is 135 Å². The van der Waals surface area contributed by atoms with Crippen LogP contribution >= 0.6 is 0 Å². The van der Waals surface area contributed by atoms with Gasteiger partial charge >= 0.3 is 0 Å². The lowest BCUT2D eigenvalue weighted by atomic mass is 9.69. The van der Waals surface area contributed by atoms with Crippen molar-refractivity contribution in [2.24, 2.45) is 5.73 Å². The van der Waals surface area contributed by atoms with E-state index in [9.17, 15) is 0 Å². The van der Waals surface area contributed by atoms with Crippen LogP contribution in [0.4, 0.5) is 34.1 Å². The molecule has 0 radical (unpaired) electrons. The normalized spacial score (nSPS) is 12.6. The molecular formula is C63H73N3. The molecular weight excluding hydrogens is 799 g/mol. The highest BCUT2D eigenvalue weighted by molar-refractivity contribution is 5.91. The van der Waals surface area contributed by atoms with Gasteiger partial charge in [0.05, 0.1) is 11.4 Å². The third-order valence-corrected chi connectivity index (χ3v) is 14.2. The van der Waals surface area contributed by atoms with E-state index in [2.05, 4.69) is 205 Å². The molecule has 1 aliphatic rings. The van der Waals surface area contributed by atoms with Gasteiger partial charge in [0.25, 0.3) is 0 Å². The van der Waals surface area contributed by atoms with Crippen LogP contribution in [-0.2, 0) is 18.3 Å². The molecule has 0 unspecified atom stereocenters. The third-order valence-electron chi connectivity index (χ3n) is 14.2. The van der Waals surface area contributed by atoms with Crippen LogP contribution < -0.4 is 15.5 Å². The van der Waals surface area contributed by atoms with Crippen molar-refractivity contribution >= 4 is 34.1 Å². The molecule has 340 valence electrons. The van der Waals surface area contributed by atoms with E-state index >= 15 is 0 Å². The second kappa shape index (κ2) is 20.7. The van der Waals surface area contributed by atoms with Crippen LogP contribution in [0.15, 0.2) is 140 Å². The number of unbranched alkanes of at least 4 members (excludes halogenated alkanes) is 6. The van der Waals surface area contributed by atoms with E-state index in [0.29, 0.717) is 6.54 Å². The molecule has 0 amide bonds. The molecule has 66 heavy (non-hydrogen) atoms. The lowest BCUT2D eigenvalue weighted by molar-refractivity contribution is 0.578. The number of nitrogens with two attached hydrogens (primary N) is 1. The van der Waals surface area contributed by atoms with E-state index in [4.69, 9.17) is 5.73 Å². The van der Waals surface area contributed by atoms with Gasteiger partial charge in [0.15, 0.2) is 0 Å². The Bertz CT molecular complexity index is 2540. The second-order valence-corrected chi connectivity index (χ2v) is 19.4. The summed E-state index contributed by atoms with van der Waals surface area (Å²) in [7, 11) is 0. The number of rotatable bonds is 19. The summed E-state index contributed by atoms with van der Waals surface area (Å²) in [6.45, 7) is 18.6. The smallest absolute Gasteiger partial charge is 0.0520 e. The topological polar surface area (TPSA) is 32.5 Å². The second-order valence-electron chi connectivity index (χ2n) is 19.4. The van der Waals surface area contributed by atoms with Crippen molar-refractivity contribution in [2.75, 3.05) is 16.3 Å². The number of benzene rings is 7. The number of hydrogen-bond acceptors (Lipinski definition) is 3. The summed E-state index contributed by atoms with van der Waals surface area (Å²) in [4.78, 5) is 4.99. The summed E-state index contributed by atoms with van der Waals surface area (Å²) < 4.78 is 0. The van der Waals surface area contributed by atoms with Gasteiger partial charge in [-0.2, -0.15) is 0 Å². The van der Waals surface area contributed by atoms with Crippen molar-refractivity contribution in [3.8, 4) is 11.1 Å². The fourth-order valence-corrected chi connectivity index (χ4v) is 11.4.